The van der Waals surface area contributed by atoms with Crippen LogP contribution >= 0.6 is 160 Å². The van der Waals surface area contributed by atoms with Gasteiger partial charge >= 0.3 is 6.80 Å². The maximum Gasteiger partial charge on any atom is 0.379 e. The molecule has 2 N–H and O–H groups in total. The number of hydrogen-bond acceptors (Lipinski definition) is 1. The van der Waals surface area contributed by atoms with E-state index < -0.39 is 16.4 Å². The van der Waals surface area contributed by atoms with E-state index in [4.69, 9.17) is 0 Å². The molecule has 0 spiro atoms. The molecule has 32 heavy (non-hydrogen) atoms. The maximum atomic E-state index is 13.8. The normalized spacial score (nSPS) is 12.8. The summed E-state index contributed by atoms with van der Waals surface area (Å²) >= 11 is 31.9. The average Bonchev–Trinajstić information content (AvgIpc) is 2.57. The van der Waals surface area contributed by atoms with Gasteiger partial charge in [0.05, 0.1) is 0 Å². The Kier molecular flexibility index (Phi) is 10.0. The van der Waals surface area contributed by atoms with Gasteiger partial charge in [-0.25, -0.2) is 4.57 Å². The second kappa shape index (κ2) is 11.1. The fourth-order valence-corrected chi connectivity index (χ4v) is 23.8. The van der Waals surface area contributed by atoms with Gasteiger partial charge in [-0.3, -0.25) is 0 Å². The summed E-state index contributed by atoms with van der Waals surface area (Å²) in [5.74, 6) is 0. The zero-order chi connectivity index (χ0) is 24.2. The smallest absolute Gasteiger partial charge is 0.317 e. The van der Waals surface area contributed by atoms with Crippen LogP contribution in [0.3, 0.4) is 0 Å². The van der Waals surface area contributed by atoms with Crippen molar-refractivity contribution in [2.24, 2.45) is 0 Å². The summed E-state index contributed by atoms with van der Waals surface area (Å²) in [7, 11) is -3.26. The lowest BCUT2D eigenvalue weighted by atomic mass is 10.3. The van der Waals surface area contributed by atoms with E-state index in [0.29, 0.717) is 41.5 Å². The standard InChI is InChI=1S/C18H8Br9O3PS/c19-7-1-10(22)16(11(23)2-7)32(31(28,29)30,17-12(24)3-8(20)4-13(17)25)18-14(26)5-9(21)6-15(18)27/h1-6H,(H2,28,29,30). The lowest BCUT2D eigenvalue weighted by Gasteiger charge is -2.44. The van der Waals surface area contributed by atoms with Gasteiger partial charge < -0.3 is 9.79 Å². The maximum absolute atomic E-state index is 13.8. The van der Waals surface area contributed by atoms with Gasteiger partial charge in [0, 0.05) is 54.9 Å². The lowest BCUT2D eigenvalue weighted by molar-refractivity contribution is 0.395. The van der Waals surface area contributed by atoms with E-state index >= 15 is 0 Å². The van der Waals surface area contributed by atoms with Crippen molar-refractivity contribution in [1.82, 2.24) is 0 Å². The van der Waals surface area contributed by atoms with Gasteiger partial charge in [0.25, 0.3) is 0 Å². The molecule has 0 amide bonds. The van der Waals surface area contributed by atoms with Crippen molar-refractivity contribution in [3.05, 3.63) is 76.7 Å². The van der Waals surface area contributed by atoms with Crippen LogP contribution < -0.4 is 0 Å². The van der Waals surface area contributed by atoms with Crippen molar-refractivity contribution in [3.8, 4) is 0 Å². The zero-order valence-corrected chi connectivity index (χ0v) is 31.0. The van der Waals surface area contributed by atoms with E-state index in [9.17, 15) is 14.4 Å². The first-order chi connectivity index (χ1) is 14.7. The summed E-state index contributed by atoms with van der Waals surface area (Å²) in [5, 5.41) is 0. The van der Waals surface area contributed by atoms with Crippen molar-refractivity contribution in [2.75, 3.05) is 0 Å². The molecule has 0 radical (unpaired) electrons. The molecule has 172 valence electrons. The molecule has 14 heteroatoms. The molecule has 0 aliphatic heterocycles. The third-order valence-electron chi connectivity index (χ3n) is 4.13. The minimum absolute atomic E-state index is 0.446. The highest BCUT2D eigenvalue weighted by atomic mass is 79.9. The second-order valence-electron chi connectivity index (χ2n) is 6.17. The van der Waals surface area contributed by atoms with Crippen LogP contribution in [0.4, 0.5) is 0 Å². The Labute approximate surface area is 261 Å². The van der Waals surface area contributed by atoms with Crippen molar-refractivity contribution in [3.63, 3.8) is 0 Å². The molecule has 0 aliphatic rings. The second-order valence-corrected chi connectivity index (χ2v) is 20.5. The Balaban J connectivity index is 2.75. The van der Waals surface area contributed by atoms with E-state index in [1.165, 1.54) is 0 Å². The third-order valence-corrected chi connectivity index (χ3v) is 18.4. The Morgan fingerprint density at radius 1 is 0.500 bits per heavy atom. The van der Waals surface area contributed by atoms with Crippen molar-refractivity contribution in [2.45, 2.75) is 14.7 Å². The van der Waals surface area contributed by atoms with Crippen LogP contribution in [0, 0.1) is 0 Å². The molecule has 3 nitrogen and oxygen atoms in total. The first-order valence-electron chi connectivity index (χ1n) is 8.04. The molecule has 0 bridgehead atoms. The number of halogens is 9. The minimum atomic E-state index is -4.92. The monoisotopic (exact) mass is 1050 g/mol. The van der Waals surface area contributed by atoms with Gasteiger partial charge in [-0.05, 0) is 132 Å². The number of rotatable bonds is 4. The molecule has 0 fully saturated rings. The molecule has 0 aliphatic carbocycles. The predicted molar refractivity (Wildman–Crippen MR) is 163 cm³/mol. The van der Waals surface area contributed by atoms with Gasteiger partial charge in [0.2, 0.25) is 0 Å². The Morgan fingerprint density at radius 2 is 0.688 bits per heavy atom. The molecular weight excluding hydrogens is 1050 g/mol. The molecule has 0 atom stereocenters. The molecule has 0 heterocycles. The van der Waals surface area contributed by atoms with Crippen LogP contribution in [0.5, 0.6) is 0 Å². The van der Waals surface area contributed by atoms with Crippen LogP contribution in [0.25, 0.3) is 0 Å². The van der Waals surface area contributed by atoms with Crippen LogP contribution in [0.1, 0.15) is 0 Å². The van der Waals surface area contributed by atoms with E-state index in [-0.39, 0.29) is 0 Å². The SMILES string of the molecule is O=P(O)(O)S(c1c(Br)cc(Br)cc1Br)(c1c(Br)cc(Br)cc1Br)c1c(Br)cc(Br)cc1Br. The van der Waals surface area contributed by atoms with Crippen LogP contribution in [-0.4, -0.2) is 9.79 Å². The molecular formula is C18H8Br9O3PS. The zero-order valence-electron chi connectivity index (χ0n) is 15.0. The summed E-state index contributed by atoms with van der Waals surface area (Å²) in [6.45, 7) is -4.92. The summed E-state index contributed by atoms with van der Waals surface area (Å²) in [5.41, 5.74) is 0. The van der Waals surface area contributed by atoms with E-state index in [2.05, 4.69) is 143 Å². The highest BCUT2D eigenvalue weighted by molar-refractivity contribution is 9.13. The average molecular weight is 1050 g/mol. The van der Waals surface area contributed by atoms with Crippen LogP contribution in [0.15, 0.2) is 91.3 Å². The number of benzene rings is 3. The number of hydrogen-bond donors (Lipinski definition) is 2. The Morgan fingerprint density at radius 3 is 0.844 bits per heavy atom. The topological polar surface area (TPSA) is 57.5 Å². The largest absolute Gasteiger partial charge is 0.379 e. The summed E-state index contributed by atoms with van der Waals surface area (Å²) < 4.78 is 19.3. The minimum Gasteiger partial charge on any atom is -0.317 e. The molecule has 3 aromatic carbocycles. The molecule has 0 aromatic heterocycles. The molecule has 0 saturated heterocycles. The summed E-state index contributed by atoms with van der Waals surface area (Å²) in [6.07, 6.45) is 0. The predicted octanol–water partition coefficient (Wildman–Crippen LogP) is 11.9. The van der Waals surface area contributed by atoms with Crippen molar-refractivity contribution >= 4 is 160 Å². The fraction of sp³-hybridized carbons (Fsp3) is 0. The van der Waals surface area contributed by atoms with Crippen LogP contribution in [0.2, 0.25) is 0 Å². The van der Waals surface area contributed by atoms with E-state index in [1.54, 1.807) is 36.4 Å². The summed E-state index contributed by atoms with van der Waals surface area (Å²) in [4.78, 5) is 23.8. The van der Waals surface area contributed by atoms with Crippen molar-refractivity contribution < 1.29 is 14.4 Å². The first kappa shape index (κ1) is 29.0. The van der Waals surface area contributed by atoms with E-state index in [1.807, 2.05) is 0 Å². The Bertz CT molecular complexity index is 1090. The quantitative estimate of drug-likeness (QED) is 0.256. The third kappa shape index (κ3) is 5.36. The highest BCUT2D eigenvalue weighted by Gasteiger charge is 2.52. The van der Waals surface area contributed by atoms with Crippen molar-refractivity contribution in [1.29, 1.82) is 0 Å². The van der Waals surface area contributed by atoms with Gasteiger partial charge in [-0.15, -0.1) is 0 Å². The van der Waals surface area contributed by atoms with Crippen LogP contribution in [-0.2, 0) is 4.57 Å². The Hall–Kier alpha value is 2.48. The van der Waals surface area contributed by atoms with Gasteiger partial charge in [-0.1, -0.05) is 57.4 Å². The lowest BCUT2D eigenvalue weighted by Crippen LogP contribution is -2.10. The van der Waals surface area contributed by atoms with Gasteiger partial charge in [0.15, 0.2) is 0 Å². The van der Waals surface area contributed by atoms with E-state index in [0.717, 1.165) is 13.4 Å². The summed E-state index contributed by atoms with van der Waals surface area (Å²) in [6, 6.07) is 10.7. The first-order valence-corrected chi connectivity index (χ1v) is 19.0. The molecule has 3 rings (SSSR count). The molecule has 0 saturated carbocycles. The van der Waals surface area contributed by atoms with Gasteiger partial charge in [0.1, 0.15) is 0 Å². The molecule has 0 unspecified atom stereocenters. The highest BCUT2D eigenvalue weighted by Crippen LogP contribution is 2.93. The fourth-order valence-electron chi connectivity index (χ4n) is 3.10. The molecule has 3 aromatic rings. The van der Waals surface area contributed by atoms with Gasteiger partial charge in [-0.2, -0.15) is 0 Å².